The van der Waals surface area contributed by atoms with Gasteiger partial charge in [0.15, 0.2) is 5.78 Å². The molecule has 0 heterocycles. The van der Waals surface area contributed by atoms with Crippen molar-refractivity contribution in [3.63, 3.8) is 0 Å². The zero-order valence-electron chi connectivity index (χ0n) is 10.2. The minimum absolute atomic E-state index is 0.0338. The van der Waals surface area contributed by atoms with E-state index in [1.807, 2.05) is 0 Å². The van der Waals surface area contributed by atoms with E-state index in [2.05, 4.69) is 13.8 Å². The molecular formula is C13H25NO. The highest BCUT2D eigenvalue weighted by molar-refractivity contribution is 6.26. The molecule has 88 valence electrons. The van der Waals surface area contributed by atoms with Crippen LogP contribution in [-0.2, 0) is 4.79 Å². The molecule has 0 spiro atoms. The van der Waals surface area contributed by atoms with Crippen LogP contribution in [0.1, 0.15) is 65.2 Å². The van der Waals surface area contributed by atoms with Crippen molar-refractivity contribution < 1.29 is 4.79 Å². The van der Waals surface area contributed by atoms with E-state index in [4.69, 9.17) is 5.41 Å². The SMILES string of the molecule is CCCCCCCCC(C)CC(=O)C=N. The van der Waals surface area contributed by atoms with Crippen LogP contribution in [0.2, 0.25) is 0 Å². The molecule has 0 aromatic carbocycles. The highest BCUT2D eigenvalue weighted by Crippen LogP contribution is 2.14. The lowest BCUT2D eigenvalue weighted by atomic mass is 9.97. The molecule has 1 N–H and O–H groups in total. The highest BCUT2D eigenvalue weighted by atomic mass is 16.1. The standard InChI is InChI=1S/C13H25NO/c1-3-4-5-6-7-8-9-12(2)10-13(15)11-14/h11-12,14H,3-10H2,1-2H3. The maximum atomic E-state index is 11.0. The average Bonchev–Trinajstić information content (AvgIpc) is 2.23. The molecule has 0 saturated carbocycles. The van der Waals surface area contributed by atoms with Gasteiger partial charge in [0.25, 0.3) is 0 Å². The van der Waals surface area contributed by atoms with Gasteiger partial charge in [-0.3, -0.25) is 4.79 Å². The van der Waals surface area contributed by atoms with Crippen LogP contribution in [0.15, 0.2) is 0 Å². The van der Waals surface area contributed by atoms with Crippen molar-refractivity contribution in [3.05, 3.63) is 0 Å². The topological polar surface area (TPSA) is 40.9 Å². The third kappa shape index (κ3) is 9.64. The summed E-state index contributed by atoms with van der Waals surface area (Å²) < 4.78 is 0. The first kappa shape index (κ1) is 14.3. The van der Waals surface area contributed by atoms with Crippen molar-refractivity contribution >= 4 is 12.0 Å². The maximum absolute atomic E-state index is 11.0. The molecule has 0 aliphatic carbocycles. The Balaban J connectivity index is 3.27. The Morgan fingerprint density at radius 1 is 1.20 bits per heavy atom. The summed E-state index contributed by atoms with van der Waals surface area (Å²) in [5.41, 5.74) is 0. The molecule has 1 unspecified atom stereocenters. The summed E-state index contributed by atoms with van der Waals surface area (Å²) in [6.45, 7) is 4.33. The van der Waals surface area contributed by atoms with Crippen LogP contribution in [0.4, 0.5) is 0 Å². The summed E-state index contributed by atoms with van der Waals surface area (Å²) in [4.78, 5) is 11.0. The van der Waals surface area contributed by atoms with Crippen molar-refractivity contribution in [1.82, 2.24) is 0 Å². The number of nitrogens with one attached hydrogen (secondary N) is 1. The molecule has 0 rings (SSSR count). The van der Waals surface area contributed by atoms with Crippen molar-refractivity contribution in [2.45, 2.75) is 65.2 Å². The molecule has 15 heavy (non-hydrogen) atoms. The van der Waals surface area contributed by atoms with Crippen LogP contribution in [0.3, 0.4) is 0 Å². The van der Waals surface area contributed by atoms with E-state index >= 15 is 0 Å². The molecule has 0 bridgehead atoms. The number of unbranched alkanes of at least 4 members (excludes halogenated alkanes) is 5. The molecule has 0 fully saturated rings. The molecule has 0 amide bonds. The van der Waals surface area contributed by atoms with Crippen molar-refractivity contribution in [1.29, 1.82) is 5.41 Å². The van der Waals surface area contributed by atoms with Crippen molar-refractivity contribution in [2.75, 3.05) is 0 Å². The molecule has 1 atom stereocenters. The van der Waals surface area contributed by atoms with E-state index < -0.39 is 0 Å². The summed E-state index contributed by atoms with van der Waals surface area (Å²) in [6.07, 6.45) is 10.5. The lowest BCUT2D eigenvalue weighted by Gasteiger charge is -2.08. The smallest absolute Gasteiger partial charge is 0.173 e. The van der Waals surface area contributed by atoms with Crippen LogP contribution >= 0.6 is 0 Å². The number of carbonyl (C=O) groups is 1. The second-order valence-electron chi connectivity index (χ2n) is 4.48. The van der Waals surface area contributed by atoms with E-state index in [0.717, 1.165) is 12.6 Å². The second kappa shape index (κ2) is 9.88. The Bertz CT molecular complexity index is 177. The van der Waals surface area contributed by atoms with Gasteiger partial charge in [0.1, 0.15) is 0 Å². The molecule has 0 aliphatic rings. The molecule has 0 aromatic rings. The first-order valence-corrected chi connectivity index (χ1v) is 6.24. The predicted octanol–water partition coefficient (Wildman–Crippen LogP) is 3.98. The van der Waals surface area contributed by atoms with Crippen molar-refractivity contribution in [3.8, 4) is 0 Å². The Labute approximate surface area is 94.0 Å². The van der Waals surface area contributed by atoms with Crippen LogP contribution in [0.5, 0.6) is 0 Å². The number of Topliss-reactive ketones (excluding diaryl/α,β-unsaturated/α-hetero) is 1. The van der Waals surface area contributed by atoms with Gasteiger partial charge in [-0.25, -0.2) is 0 Å². The fourth-order valence-electron chi connectivity index (χ4n) is 1.78. The first-order chi connectivity index (χ1) is 7.20. The summed E-state index contributed by atoms with van der Waals surface area (Å²) in [5.74, 6) is 0.416. The minimum atomic E-state index is -0.0338. The van der Waals surface area contributed by atoms with Gasteiger partial charge in [0, 0.05) is 6.42 Å². The van der Waals surface area contributed by atoms with E-state index in [1.54, 1.807) is 0 Å². The van der Waals surface area contributed by atoms with Gasteiger partial charge in [0.2, 0.25) is 0 Å². The Hall–Kier alpha value is -0.660. The van der Waals surface area contributed by atoms with E-state index in [9.17, 15) is 4.79 Å². The summed E-state index contributed by atoms with van der Waals surface area (Å²) in [7, 11) is 0. The van der Waals surface area contributed by atoms with Gasteiger partial charge < -0.3 is 5.41 Å². The summed E-state index contributed by atoms with van der Waals surface area (Å²) in [5, 5.41) is 6.82. The minimum Gasteiger partial charge on any atom is -0.305 e. The third-order valence-corrected chi connectivity index (χ3v) is 2.76. The number of rotatable bonds is 10. The maximum Gasteiger partial charge on any atom is 0.173 e. The fraction of sp³-hybridized carbons (Fsp3) is 0.846. The molecule has 2 heteroatoms. The second-order valence-corrected chi connectivity index (χ2v) is 4.48. The highest BCUT2D eigenvalue weighted by Gasteiger charge is 2.06. The zero-order chi connectivity index (χ0) is 11.5. The first-order valence-electron chi connectivity index (χ1n) is 6.24. The third-order valence-electron chi connectivity index (χ3n) is 2.76. The number of carbonyl (C=O) groups excluding carboxylic acids is 1. The van der Waals surface area contributed by atoms with Crippen LogP contribution in [0, 0.1) is 11.3 Å². The molecule has 0 aromatic heterocycles. The molecule has 0 saturated heterocycles. The Kier molecular flexibility index (Phi) is 9.44. The van der Waals surface area contributed by atoms with Gasteiger partial charge in [-0.2, -0.15) is 0 Å². The summed E-state index contributed by atoms with van der Waals surface area (Å²) in [6, 6.07) is 0. The average molecular weight is 211 g/mol. The van der Waals surface area contributed by atoms with E-state index in [-0.39, 0.29) is 5.78 Å². The molecule has 0 aliphatic heterocycles. The normalized spacial score (nSPS) is 12.4. The lowest BCUT2D eigenvalue weighted by Crippen LogP contribution is -2.05. The van der Waals surface area contributed by atoms with Crippen molar-refractivity contribution in [2.24, 2.45) is 5.92 Å². The Morgan fingerprint density at radius 3 is 2.40 bits per heavy atom. The number of ketones is 1. The molecule has 0 radical (unpaired) electrons. The van der Waals surface area contributed by atoms with Gasteiger partial charge in [0.05, 0.1) is 6.21 Å². The van der Waals surface area contributed by atoms with Gasteiger partial charge >= 0.3 is 0 Å². The number of hydrogen-bond acceptors (Lipinski definition) is 2. The molecular weight excluding hydrogens is 186 g/mol. The van der Waals surface area contributed by atoms with Crippen LogP contribution in [0.25, 0.3) is 0 Å². The molecule has 2 nitrogen and oxygen atoms in total. The van der Waals surface area contributed by atoms with Gasteiger partial charge in [-0.1, -0.05) is 58.8 Å². The van der Waals surface area contributed by atoms with Crippen LogP contribution in [-0.4, -0.2) is 12.0 Å². The van der Waals surface area contributed by atoms with Gasteiger partial charge in [-0.05, 0) is 5.92 Å². The Morgan fingerprint density at radius 2 is 1.80 bits per heavy atom. The summed E-state index contributed by atoms with van der Waals surface area (Å²) >= 11 is 0. The fourth-order valence-corrected chi connectivity index (χ4v) is 1.78. The zero-order valence-corrected chi connectivity index (χ0v) is 10.2. The number of hydrogen-bond donors (Lipinski definition) is 1. The monoisotopic (exact) mass is 211 g/mol. The van der Waals surface area contributed by atoms with Gasteiger partial charge in [-0.15, -0.1) is 0 Å². The van der Waals surface area contributed by atoms with E-state index in [1.165, 1.54) is 38.5 Å². The van der Waals surface area contributed by atoms with Crippen LogP contribution < -0.4 is 0 Å². The van der Waals surface area contributed by atoms with E-state index in [0.29, 0.717) is 12.3 Å². The lowest BCUT2D eigenvalue weighted by molar-refractivity contribution is -0.113. The largest absolute Gasteiger partial charge is 0.305 e. The predicted molar refractivity (Wildman–Crippen MR) is 65.6 cm³/mol. The quantitative estimate of drug-likeness (QED) is 0.431.